The van der Waals surface area contributed by atoms with Gasteiger partial charge in [-0.1, -0.05) is 19.3 Å². The van der Waals surface area contributed by atoms with E-state index in [1.54, 1.807) is 0 Å². The summed E-state index contributed by atoms with van der Waals surface area (Å²) in [6.45, 7) is 8.39. The second-order valence-electron chi connectivity index (χ2n) is 6.69. The van der Waals surface area contributed by atoms with E-state index in [0.29, 0.717) is 11.8 Å². The average Bonchev–Trinajstić information content (AvgIpc) is 2.34. The average molecular weight is 254 g/mol. The van der Waals surface area contributed by atoms with Gasteiger partial charge in [0.1, 0.15) is 0 Å². The van der Waals surface area contributed by atoms with Gasteiger partial charge in [-0.15, -0.1) is 0 Å². The van der Waals surface area contributed by atoms with E-state index in [4.69, 9.17) is 0 Å². The van der Waals surface area contributed by atoms with Crippen LogP contribution in [0.15, 0.2) is 0 Å². The van der Waals surface area contributed by atoms with Crippen molar-refractivity contribution in [1.29, 1.82) is 0 Å². The zero-order valence-corrected chi connectivity index (χ0v) is 12.8. The van der Waals surface area contributed by atoms with Crippen molar-refractivity contribution in [2.45, 2.75) is 58.4 Å². The molecule has 1 aliphatic rings. The molecule has 0 bridgehead atoms. The van der Waals surface area contributed by atoms with Gasteiger partial charge in [0.25, 0.3) is 0 Å². The van der Waals surface area contributed by atoms with Crippen LogP contribution in [0.25, 0.3) is 0 Å². The Labute approximate surface area is 113 Å². The second-order valence-corrected chi connectivity index (χ2v) is 6.69. The first-order valence-corrected chi connectivity index (χ1v) is 7.28. The van der Waals surface area contributed by atoms with Crippen LogP contribution in [0.1, 0.15) is 52.9 Å². The van der Waals surface area contributed by atoms with E-state index in [2.05, 4.69) is 32.7 Å². The summed E-state index contributed by atoms with van der Waals surface area (Å²) in [6, 6.07) is 0. The zero-order valence-electron chi connectivity index (χ0n) is 12.8. The Balaban J connectivity index is 2.35. The fraction of sp³-hybridized carbons (Fsp3) is 0.933. The maximum absolute atomic E-state index is 12.3. The van der Waals surface area contributed by atoms with Gasteiger partial charge >= 0.3 is 0 Å². The van der Waals surface area contributed by atoms with Crippen LogP contribution in [0.4, 0.5) is 0 Å². The van der Waals surface area contributed by atoms with Crippen LogP contribution in [-0.2, 0) is 4.79 Å². The van der Waals surface area contributed by atoms with Gasteiger partial charge in [0.15, 0.2) is 0 Å². The van der Waals surface area contributed by atoms with Crippen LogP contribution < -0.4 is 0 Å². The lowest BCUT2D eigenvalue weighted by atomic mass is 9.88. The van der Waals surface area contributed by atoms with Crippen LogP contribution in [0.3, 0.4) is 0 Å². The molecule has 18 heavy (non-hydrogen) atoms. The van der Waals surface area contributed by atoms with Crippen LogP contribution in [0.2, 0.25) is 0 Å². The smallest absolute Gasteiger partial charge is 0.225 e. The normalized spacial score (nSPS) is 18.1. The summed E-state index contributed by atoms with van der Waals surface area (Å²) in [5.74, 6) is 0.653. The number of carbonyl (C=O) groups excluding carboxylic acids is 1. The van der Waals surface area contributed by atoms with Crippen molar-refractivity contribution in [3.63, 3.8) is 0 Å². The summed E-state index contributed by atoms with van der Waals surface area (Å²) >= 11 is 0. The molecule has 1 amide bonds. The molecule has 0 unspecified atom stereocenters. The van der Waals surface area contributed by atoms with Gasteiger partial charge in [-0.3, -0.25) is 9.69 Å². The fourth-order valence-corrected chi connectivity index (χ4v) is 2.41. The van der Waals surface area contributed by atoms with Gasteiger partial charge in [-0.05, 0) is 40.7 Å². The van der Waals surface area contributed by atoms with E-state index in [0.717, 1.165) is 25.9 Å². The summed E-state index contributed by atoms with van der Waals surface area (Å²) in [7, 11) is 4.08. The molecule has 0 aliphatic heterocycles. The van der Waals surface area contributed by atoms with E-state index in [-0.39, 0.29) is 5.54 Å². The largest absolute Gasteiger partial charge is 0.344 e. The SMILES string of the molecule is CN(CCN(C)C(C)(C)C)C(=O)C1CCCCC1. The molecule has 3 heteroatoms. The third-order valence-corrected chi connectivity index (χ3v) is 4.25. The van der Waals surface area contributed by atoms with Crippen LogP contribution >= 0.6 is 0 Å². The topological polar surface area (TPSA) is 23.6 Å². The molecule has 0 aromatic rings. The molecule has 0 spiro atoms. The molecule has 0 radical (unpaired) electrons. The minimum absolute atomic E-state index is 0.175. The van der Waals surface area contributed by atoms with Gasteiger partial charge in [-0.25, -0.2) is 0 Å². The lowest BCUT2D eigenvalue weighted by molar-refractivity contribution is -0.135. The minimum Gasteiger partial charge on any atom is -0.344 e. The van der Waals surface area contributed by atoms with Crippen molar-refractivity contribution in [2.75, 3.05) is 27.2 Å². The van der Waals surface area contributed by atoms with E-state index in [9.17, 15) is 4.79 Å². The Kier molecular flexibility index (Phi) is 5.64. The number of hydrogen-bond acceptors (Lipinski definition) is 2. The maximum Gasteiger partial charge on any atom is 0.225 e. The highest BCUT2D eigenvalue weighted by Gasteiger charge is 2.24. The van der Waals surface area contributed by atoms with E-state index >= 15 is 0 Å². The van der Waals surface area contributed by atoms with E-state index in [1.165, 1.54) is 19.3 Å². The molecular formula is C15H30N2O. The predicted molar refractivity (Wildman–Crippen MR) is 76.6 cm³/mol. The first kappa shape index (κ1) is 15.5. The van der Waals surface area contributed by atoms with Crippen molar-refractivity contribution in [2.24, 2.45) is 5.92 Å². The highest BCUT2D eigenvalue weighted by molar-refractivity contribution is 5.78. The molecule has 106 valence electrons. The molecule has 3 nitrogen and oxygen atoms in total. The lowest BCUT2D eigenvalue weighted by Crippen LogP contribution is -2.44. The van der Waals surface area contributed by atoms with Crippen LogP contribution in [-0.4, -0.2) is 48.4 Å². The monoisotopic (exact) mass is 254 g/mol. The number of rotatable bonds is 4. The summed E-state index contributed by atoms with van der Waals surface area (Å²) in [5, 5.41) is 0. The van der Waals surface area contributed by atoms with Gasteiger partial charge in [0.2, 0.25) is 5.91 Å². The molecule has 0 aromatic heterocycles. The summed E-state index contributed by atoms with van der Waals surface area (Å²) in [4.78, 5) is 16.5. The Morgan fingerprint density at radius 3 is 2.11 bits per heavy atom. The van der Waals surface area contributed by atoms with Crippen molar-refractivity contribution >= 4 is 5.91 Å². The Morgan fingerprint density at radius 2 is 1.61 bits per heavy atom. The van der Waals surface area contributed by atoms with Crippen LogP contribution in [0.5, 0.6) is 0 Å². The van der Waals surface area contributed by atoms with Crippen molar-refractivity contribution < 1.29 is 4.79 Å². The van der Waals surface area contributed by atoms with Gasteiger partial charge in [0, 0.05) is 31.6 Å². The summed E-state index contributed by atoms with van der Waals surface area (Å²) < 4.78 is 0. The lowest BCUT2D eigenvalue weighted by Gasteiger charge is -2.34. The van der Waals surface area contributed by atoms with Crippen molar-refractivity contribution in [3.8, 4) is 0 Å². The molecular weight excluding hydrogens is 224 g/mol. The predicted octanol–water partition coefficient (Wildman–Crippen LogP) is 2.76. The van der Waals surface area contributed by atoms with Gasteiger partial charge < -0.3 is 4.90 Å². The number of likely N-dealkylation sites (N-methyl/N-ethyl adjacent to an activating group) is 2. The first-order valence-electron chi connectivity index (χ1n) is 7.28. The van der Waals surface area contributed by atoms with Gasteiger partial charge in [0.05, 0.1) is 0 Å². The Bertz CT molecular complexity index is 264. The zero-order chi connectivity index (χ0) is 13.8. The third kappa shape index (κ3) is 4.60. The summed E-state index contributed by atoms with van der Waals surface area (Å²) in [5.41, 5.74) is 0.175. The molecule has 1 saturated carbocycles. The quantitative estimate of drug-likeness (QED) is 0.770. The van der Waals surface area contributed by atoms with E-state index < -0.39 is 0 Å². The molecule has 1 rings (SSSR count). The van der Waals surface area contributed by atoms with E-state index in [1.807, 2.05) is 11.9 Å². The molecule has 0 N–H and O–H groups in total. The molecule has 0 heterocycles. The number of carbonyl (C=O) groups is 1. The molecule has 0 atom stereocenters. The molecule has 0 saturated heterocycles. The molecule has 1 aliphatic carbocycles. The van der Waals surface area contributed by atoms with Gasteiger partial charge in [-0.2, -0.15) is 0 Å². The first-order chi connectivity index (χ1) is 8.32. The van der Waals surface area contributed by atoms with Crippen LogP contribution in [0, 0.1) is 5.92 Å². The summed E-state index contributed by atoms with van der Waals surface area (Å²) in [6.07, 6.45) is 5.95. The highest BCUT2D eigenvalue weighted by atomic mass is 16.2. The third-order valence-electron chi connectivity index (χ3n) is 4.25. The molecule has 1 fully saturated rings. The number of amides is 1. The number of hydrogen-bond donors (Lipinski definition) is 0. The Hall–Kier alpha value is -0.570. The number of nitrogens with zero attached hydrogens (tertiary/aromatic N) is 2. The maximum atomic E-state index is 12.3. The fourth-order valence-electron chi connectivity index (χ4n) is 2.41. The Morgan fingerprint density at radius 1 is 1.06 bits per heavy atom. The standard InChI is InChI=1S/C15H30N2O/c1-15(2,3)17(5)12-11-16(4)14(18)13-9-7-6-8-10-13/h13H,6-12H2,1-5H3. The molecule has 0 aromatic carbocycles. The highest BCUT2D eigenvalue weighted by Crippen LogP contribution is 2.25. The van der Waals surface area contributed by atoms with Crippen molar-refractivity contribution in [1.82, 2.24) is 9.80 Å². The van der Waals surface area contributed by atoms with Crippen molar-refractivity contribution in [3.05, 3.63) is 0 Å². The second kappa shape index (κ2) is 6.55. The minimum atomic E-state index is 0.175.